The van der Waals surface area contributed by atoms with E-state index in [1.807, 2.05) is 12.1 Å². The molecule has 3 unspecified atom stereocenters. The van der Waals surface area contributed by atoms with Gasteiger partial charge in [-0.3, -0.25) is 4.79 Å². The van der Waals surface area contributed by atoms with Crippen molar-refractivity contribution in [2.75, 3.05) is 0 Å². The number of carboxylic acids is 1. The van der Waals surface area contributed by atoms with Crippen LogP contribution < -0.4 is 0 Å². The molecule has 1 aromatic heterocycles. The van der Waals surface area contributed by atoms with Crippen molar-refractivity contribution < 1.29 is 9.90 Å². The summed E-state index contributed by atoms with van der Waals surface area (Å²) in [7, 11) is 0. The molecule has 2 bridgehead atoms. The average molecular weight is 286 g/mol. The summed E-state index contributed by atoms with van der Waals surface area (Å²) in [5.74, 6) is 0.477. The molecule has 2 aliphatic carbocycles. The topological polar surface area (TPSA) is 37.3 Å². The van der Waals surface area contributed by atoms with E-state index in [0.717, 1.165) is 19.3 Å². The number of rotatable bonds is 3. The van der Waals surface area contributed by atoms with Gasteiger partial charge in [0.05, 0.1) is 5.41 Å². The third-order valence-electron chi connectivity index (χ3n) is 5.47. The maximum atomic E-state index is 12.0. The number of hydrogen-bond donors (Lipinski definition) is 1. The van der Waals surface area contributed by atoms with Crippen LogP contribution in [0.1, 0.15) is 31.2 Å². The van der Waals surface area contributed by atoms with Crippen molar-refractivity contribution in [1.82, 2.24) is 0 Å². The molecule has 2 aromatic rings. The monoisotopic (exact) mass is 286 g/mol. The zero-order chi connectivity index (χ0) is 13.7. The van der Waals surface area contributed by atoms with Crippen molar-refractivity contribution in [3.05, 3.63) is 35.2 Å². The zero-order valence-electron chi connectivity index (χ0n) is 11.3. The highest BCUT2D eigenvalue weighted by atomic mass is 32.1. The van der Waals surface area contributed by atoms with E-state index < -0.39 is 11.4 Å². The van der Waals surface area contributed by atoms with Crippen LogP contribution in [0.25, 0.3) is 10.1 Å². The van der Waals surface area contributed by atoms with Gasteiger partial charge in [0.2, 0.25) is 0 Å². The van der Waals surface area contributed by atoms with Crippen LogP contribution in [0.3, 0.4) is 0 Å². The average Bonchev–Trinajstić information content (AvgIpc) is 3.14. The van der Waals surface area contributed by atoms with Crippen LogP contribution >= 0.6 is 11.3 Å². The first-order chi connectivity index (χ1) is 9.69. The third-order valence-corrected chi connectivity index (χ3v) is 6.48. The van der Waals surface area contributed by atoms with Crippen molar-refractivity contribution in [2.45, 2.75) is 32.1 Å². The van der Waals surface area contributed by atoms with Gasteiger partial charge < -0.3 is 5.11 Å². The number of thiophene rings is 1. The van der Waals surface area contributed by atoms with Gasteiger partial charge in [-0.15, -0.1) is 11.3 Å². The molecule has 20 heavy (non-hydrogen) atoms. The minimum absolute atomic E-state index is 0.392. The normalized spacial score (nSPS) is 32.0. The zero-order valence-corrected chi connectivity index (χ0v) is 12.2. The lowest BCUT2D eigenvalue weighted by Gasteiger charge is -2.33. The molecule has 104 valence electrons. The predicted octanol–water partition coefficient (Wildman–Crippen LogP) is 4.33. The Balaban J connectivity index is 1.75. The van der Waals surface area contributed by atoms with Crippen LogP contribution in [0.5, 0.6) is 0 Å². The molecular formula is C17H18O2S. The van der Waals surface area contributed by atoms with Gasteiger partial charge in [0.15, 0.2) is 0 Å². The molecule has 2 aliphatic rings. The quantitative estimate of drug-likeness (QED) is 0.911. The van der Waals surface area contributed by atoms with Gasteiger partial charge in [0, 0.05) is 4.70 Å². The second-order valence-corrected chi connectivity index (χ2v) is 7.39. The Morgan fingerprint density at radius 3 is 2.90 bits per heavy atom. The summed E-state index contributed by atoms with van der Waals surface area (Å²) in [4.78, 5) is 12.0. The fourth-order valence-electron chi connectivity index (χ4n) is 4.51. The molecule has 2 fully saturated rings. The SMILES string of the molecule is O=C(O)C1(Cc2csc3ccccc23)CC2CCC1C2. The molecule has 3 heteroatoms. The van der Waals surface area contributed by atoms with Gasteiger partial charge in [-0.25, -0.2) is 0 Å². The largest absolute Gasteiger partial charge is 0.481 e. The van der Waals surface area contributed by atoms with Crippen LogP contribution in [0.15, 0.2) is 29.6 Å². The predicted molar refractivity (Wildman–Crippen MR) is 81.0 cm³/mol. The Bertz CT molecular complexity index is 674. The van der Waals surface area contributed by atoms with E-state index in [1.165, 1.54) is 22.1 Å². The summed E-state index contributed by atoms with van der Waals surface area (Å²) >= 11 is 1.73. The lowest BCUT2D eigenvalue weighted by atomic mass is 9.69. The van der Waals surface area contributed by atoms with Crippen molar-refractivity contribution in [3.8, 4) is 0 Å². The van der Waals surface area contributed by atoms with E-state index in [0.29, 0.717) is 18.3 Å². The van der Waals surface area contributed by atoms with Crippen LogP contribution in [0.4, 0.5) is 0 Å². The maximum Gasteiger partial charge on any atom is 0.310 e. The molecule has 2 saturated carbocycles. The number of benzene rings is 1. The van der Waals surface area contributed by atoms with Gasteiger partial charge in [-0.1, -0.05) is 24.6 Å². The Morgan fingerprint density at radius 2 is 2.20 bits per heavy atom. The first-order valence-electron chi connectivity index (χ1n) is 7.37. The number of carbonyl (C=O) groups is 1. The molecule has 0 spiro atoms. The highest BCUT2D eigenvalue weighted by Gasteiger charge is 2.55. The number of carboxylic acid groups (broad SMARTS) is 1. The van der Waals surface area contributed by atoms with E-state index in [4.69, 9.17) is 0 Å². The van der Waals surface area contributed by atoms with Crippen molar-refractivity contribution in [3.63, 3.8) is 0 Å². The summed E-state index contributed by atoms with van der Waals surface area (Å²) in [6.45, 7) is 0. The van der Waals surface area contributed by atoms with E-state index in [2.05, 4.69) is 17.5 Å². The summed E-state index contributed by atoms with van der Waals surface area (Å²) < 4.78 is 1.27. The summed E-state index contributed by atoms with van der Waals surface area (Å²) in [6.07, 6.45) is 5.09. The van der Waals surface area contributed by atoms with Gasteiger partial charge in [0.25, 0.3) is 0 Å². The summed E-state index contributed by atoms with van der Waals surface area (Å²) in [5.41, 5.74) is 0.743. The molecule has 1 aromatic carbocycles. The highest BCUT2D eigenvalue weighted by molar-refractivity contribution is 7.17. The summed E-state index contributed by atoms with van der Waals surface area (Å²) in [5, 5.41) is 13.3. The maximum absolute atomic E-state index is 12.0. The first-order valence-corrected chi connectivity index (χ1v) is 8.25. The standard InChI is InChI=1S/C17H18O2S/c18-16(19)17(8-11-5-6-13(17)7-11)9-12-10-20-15-4-2-1-3-14(12)15/h1-4,10-11,13H,5-9H2,(H,18,19). The van der Waals surface area contributed by atoms with Gasteiger partial charge in [-0.05, 0) is 59.9 Å². The van der Waals surface area contributed by atoms with Crippen LogP contribution in [-0.4, -0.2) is 11.1 Å². The lowest BCUT2D eigenvalue weighted by Crippen LogP contribution is -2.38. The lowest BCUT2D eigenvalue weighted by molar-refractivity contribution is -0.152. The molecule has 4 rings (SSSR count). The van der Waals surface area contributed by atoms with Crippen LogP contribution in [0.2, 0.25) is 0 Å². The number of aliphatic carboxylic acids is 1. The molecule has 0 radical (unpaired) electrons. The minimum Gasteiger partial charge on any atom is -0.481 e. The van der Waals surface area contributed by atoms with Gasteiger partial charge in [0.1, 0.15) is 0 Å². The molecule has 1 heterocycles. The van der Waals surface area contributed by atoms with Crippen molar-refractivity contribution in [1.29, 1.82) is 0 Å². The van der Waals surface area contributed by atoms with Crippen molar-refractivity contribution in [2.24, 2.45) is 17.3 Å². The number of fused-ring (bicyclic) bond motifs is 3. The van der Waals surface area contributed by atoms with Crippen LogP contribution in [-0.2, 0) is 11.2 Å². The molecule has 0 saturated heterocycles. The smallest absolute Gasteiger partial charge is 0.310 e. The second kappa shape index (κ2) is 4.32. The molecule has 0 aliphatic heterocycles. The van der Waals surface area contributed by atoms with E-state index in [9.17, 15) is 9.90 Å². The first kappa shape index (κ1) is 12.4. The van der Waals surface area contributed by atoms with Crippen LogP contribution in [0, 0.1) is 17.3 Å². The second-order valence-electron chi connectivity index (χ2n) is 6.48. The van der Waals surface area contributed by atoms with Gasteiger partial charge >= 0.3 is 5.97 Å². The Kier molecular flexibility index (Phi) is 2.68. The third kappa shape index (κ3) is 1.65. The number of hydrogen-bond acceptors (Lipinski definition) is 2. The van der Waals surface area contributed by atoms with E-state index in [-0.39, 0.29) is 0 Å². The van der Waals surface area contributed by atoms with Gasteiger partial charge in [-0.2, -0.15) is 0 Å². The molecular weight excluding hydrogens is 268 g/mol. The molecule has 2 nitrogen and oxygen atoms in total. The fourth-order valence-corrected chi connectivity index (χ4v) is 5.47. The Labute approximate surface area is 122 Å². The highest BCUT2D eigenvalue weighted by Crippen LogP contribution is 2.57. The molecule has 0 amide bonds. The van der Waals surface area contributed by atoms with E-state index >= 15 is 0 Å². The summed E-state index contributed by atoms with van der Waals surface area (Å²) in [6, 6.07) is 8.35. The van der Waals surface area contributed by atoms with Crippen molar-refractivity contribution >= 4 is 27.4 Å². The molecule has 1 N–H and O–H groups in total. The Morgan fingerprint density at radius 1 is 1.35 bits per heavy atom. The Hall–Kier alpha value is -1.35. The minimum atomic E-state index is -0.569. The fraction of sp³-hybridized carbons (Fsp3) is 0.471. The molecule has 3 atom stereocenters. The van der Waals surface area contributed by atoms with E-state index in [1.54, 1.807) is 11.3 Å².